The Kier molecular flexibility index (Phi) is 10.6. The van der Waals surface area contributed by atoms with E-state index in [1.165, 1.54) is 0 Å². The number of halogens is 2. The van der Waals surface area contributed by atoms with Gasteiger partial charge in [-0.1, -0.05) is 17.7 Å². The van der Waals surface area contributed by atoms with Crippen LogP contribution in [0.5, 0.6) is 0 Å². The molecule has 3 N–H and O–H groups in total. The summed E-state index contributed by atoms with van der Waals surface area (Å²) in [6.45, 7) is 5.87. The molecule has 1 aromatic heterocycles. The number of nitrogens with zero attached hydrogens (tertiary/aromatic N) is 2. The highest BCUT2D eigenvalue weighted by Crippen LogP contribution is 2.32. The first-order chi connectivity index (χ1) is 11.7. The maximum Gasteiger partial charge on any atom is 0.191 e. The van der Waals surface area contributed by atoms with Crippen LogP contribution >= 0.6 is 35.6 Å². The van der Waals surface area contributed by atoms with E-state index in [1.54, 1.807) is 12.3 Å². The number of aliphatic imine (C=N–C) groups is 1. The smallest absolute Gasteiger partial charge is 0.191 e. The molecule has 2 heterocycles. The highest BCUT2D eigenvalue weighted by atomic mass is 127. The zero-order chi connectivity index (χ0) is 17.3. The molecule has 1 aliphatic rings. The number of nitrogens with one attached hydrogen (secondary N) is 2. The molecule has 1 aliphatic heterocycles. The van der Waals surface area contributed by atoms with Crippen LogP contribution in [0.15, 0.2) is 23.3 Å². The molecule has 0 aromatic carbocycles. The molecule has 0 amide bonds. The third-order valence-corrected chi connectivity index (χ3v) is 4.46. The standard InChI is InChI=1S/C17H27ClN4O2.HI/c1-2-19-16(20-8-5-14-3-4-15(18)21-11-14)22-12-17(6-9-23)7-10-24-13-17;/h3-4,11,23H,2,5-10,12-13H2,1H3,(H2,19,20,22);1H. The van der Waals surface area contributed by atoms with Gasteiger partial charge in [-0.25, -0.2) is 4.98 Å². The molecule has 1 aromatic rings. The molecule has 8 heteroatoms. The SMILES string of the molecule is CCNC(=NCC1(CCO)CCOC1)NCCc1ccc(Cl)nc1.I. The third-order valence-electron chi connectivity index (χ3n) is 4.24. The minimum Gasteiger partial charge on any atom is -0.396 e. The molecule has 1 atom stereocenters. The lowest BCUT2D eigenvalue weighted by Crippen LogP contribution is -2.39. The fourth-order valence-corrected chi connectivity index (χ4v) is 2.87. The largest absolute Gasteiger partial charge is 0.396 e. The summed E-state index contributed by atoms with van der Waals surface area (Å²) in [4.78, 5) is 8.78. The number of rotatable bonds is 8. The minimum atomic E-state index is -0.0306. The first-order valence-corrected chi connectivity index (χ1v) is 8.86. The van der Waals surface area contributed by atoms with Crippen molar-refractivity contribution in [3.05, 3.63) is 29.0 Å². The van der Waals surface area contributed by atoms with Gasteiger partial charge in [0.05, 0.1) is 13.2 Å². The van der Waals surface area contributed by atoms with Crippen molar-refractivity contribution in [3.63, 3.8) is 0 Å². The van der Waals surface area contributed by atoms with Gasteiger partial charge in [0.1, 0.15) is 5.15 Å². The number of aliphatic hydroxyl groups excluding tert-OH is 1. The van der Waals surface area contributed by atoms with Crippen molar-refractivity contribution in [2.24, 2.45) is 10.4 Å². The second-order valence-electron chi connectivity index (χ2n) is 6.14. The molecule has 1 saturated heterocycles. The van der Waals surface area contributed by atoms with Gasteiger partial charge >= 0.3 is 0 Å². The molecule has 0 aliphatic carbocycles. The molecular formula is C17H28ClIN4O2. The van der Waals surface area contributed by atoms with Gasteiger partial charge in [-0.05, 0) is 37.8 Å². The maximum atomic E-state index is 9.30. The monoisotopic (exact) mass is 482 g/mol. The van der Waals surface area contributed by atoms with Gasteiger partial charge in [-0.15, -0.1) is 24.0 Å². The number of hydrogen-bond acceptors (Lipinski definition) is 4. The van der Waals surface area contributed by atoms with E-state index in [-0.39, 0.29) is 36.0 Å². The van der Waals surface area contributed by atoms with Crippen molar-refractivity contribution in [1.82, 2.24) is 15.6 Å². The van der Waals surface area contributed by atoms with Crippen LogP contribution in [-0.4, -0.2) is 55.5 Å². The van der Waals surface area contributed by atoms with Gasteiger partial charge in [0.15, 0.2) is 5.96 Å². The summed E-state index contributed by atoms with van der Waals surface area (Å²) in [5.74, 6) is 0.795. The Morgan fingerprint density at radius 2 is 2.28 bits per heavy atom. The predicted molar refractivity (Wildman–Crippen MR) is 112 cm³/mol. The molecule has 0 spiro atoms. The lowest BCUT2D eigenvalue weighted by atomic mass is 9.84. The highest BCUT2D eigenvalue weighted by molar-refractivity contribution is 14.0. The first kappa shape index (κ1) is 22.4. The average molecular weight is 483 g/mol. The van der Waals surface area contributed by atoms with Gasteiger partial charge in [-0.3, -0.25) is 4.99 Å². The predicted octanol–water partition coefficient (Wildman–Crippen LogP) is 2.24. The minimum absolute atomic E-state index is 0. The van der Waals surface area contributed by atoms with E-state index in [0.29, 0.717) is 18.3 Å². The number of guanidine groups is 1. The van der Waals surface area contributed by atoms with Crippen LogP contribution in [0.1, 0.15) is 25.3 Å². The number of aromatic nitrogens is 1. The van der Waals surface area contributed by atoms with Crippen molar-refractivity contribution < 1.29 is 9.84 Å². The summed E-state index contributed by atoms with van der Waals surface area (Å²) < 4.78 is 5.51. The fraction of sp³-hybridized carbons (Fsp3) is 0.647. The molecule has 6 nitrogen and oxygen atoms in total. The van der Waals surface area contributed by atoms with Crippen LogP contribution in [0, 0.1) is 5.41 Å². The summed E-state index contributed by atoms with van der Waals surface area (Å²) in [6, 6.07) is 3.78. The van der Waals surface area contributed by atoms with Crippen molar-refractivity contribution in [2.75, 3.05) is 39.5 Å². The molecule has 0 radical (unpaired) electrons. The van der Waals surface area contributed by atoms with E-state index in [0.717, 1.165) is 50.5 Å². The molecule has 1 fully saturated rings. The van der Waals surface area contributed by atoms with Gasteiger partial charge in [0, 0.05) is 37.9 Å². The van der Waals surface area contributed by atoms with Crippen molar-refractivity contribution in [1.29, 1.82) is 0 Å². The van der Waals surface area contributed by atoms with Crippen molar-refractivity contribution >= 4 is 41.5 Å². The van der Waals surface area contributed by atoms with E-state index in [4.69, 9.17) is 21.3 Å². The van der Waals surface area contributed by atoms with Crippen LogP contribution in [0.2, 0.25) is 5.15 Å². The molecule has 0 bridgehead atoms. The second-order valence-corrected chi connectivity index (χ2v) is 6.52. The Morgan fingerprint density at radius 1 is 1.44 bits per heavy atom. The van der Waals surface area contributed by atoms with Crippen LogP contribution in [0.3, 0.4) is 0 Å². The Bertz CT molecular complexity index is 522. The lowest BCUT2D eigenvalue weighted by molar-refractivity contribution is 0.131. The molecule has 25 heavy (non-hydrogen) atoms. The second kappa shape index (κ2) is 11.9. The van der Waals surface area contributed by atoms with E-state index in [9.17, 15) is 5.11 Å². The lowest BCUT2D eigenvalue weighted by Gasteiger charge is -2.24. The van der Waals surface area contributed by atoms with E-state index >= 15 is 0 Å². The summed E-state index contributed by atoms with van der Waals surface area (Å²) in [7, 11) is 0. The van der Waals surface area contributed by atoms with Crippen LogP contribution in [-0.2, 0) is 11.2 Å². The third kappa shape index (κ3) is 7.64. The molecule has 2 rings (SSSR count). The molecular weight excluding hydrogens is 455 g/mol. The summed E-state index contributed by atoms with van der Waals surface area (Å²) in [5, 5.41) is 16.4. The highest BCUT2D eigenvalue weighted by Gasteiger charge is 2.34. The maximum absolute atomic E-state index is 9.30. The van der Waals surface area contributed by atoms with Crippen LogP contribution in [0.4, 0.5) is 0 Å². The Hall–Kier alpha value is -0.640. The molecule has 142 valence electrons. The normalized spacial score (nSPS) is 20.2. The summed E-state index contributed by atoms with van der Waals surface area (Å²) in [5.41, 5.74) is 1.10. The van der Waals surface area contributed by atoms with E-state index in [1.807, 2.05) is 13.0 Å². The first-order valence-electron chi connectivity index (χ1n) is 8.49. The Morgan fingerprint density at radius 3 is 2.88 bits per heavy atom. The van der Waals surface area contributed by atoms with Gasteiger partial charge in [0.25, 0.3) is 0 Å². The number of ether oxygens (including phenoxy) is 1. The van der Waals surface area contributed by atoms with E-state index in [2.05, 4.69) is 15.6 Å². The van der Waals surface area contributed by atoms with Crippen LogP contribution < -0.4 is 10.6 Å². The fourth-order valence-electron chi connectivity index (χ4n) is 2.76. The zero-order valence-electron chi connectivity index (χ0n) is 14.6. The van der Waals surface area contributed by atoms with Crippen molar-refractivity contribution in [2.45, 2.75) is 26.2 Å². The Labute approximate surface area is 171 Å². The van der Waals surface area contributed by atoms with Crippen molar-refractivity contribution in [3.8, 4) is 0 Å². The molecule has 0 saturated carbocycles. The topological polar surface area (TPSA) is 78.8 Å². The zero-order valence-corrected chi connectivity index (χ0v) is 17.7. The summed E-state index contributed by atoms with van der Waals surface area (Å²) >= 11 is 5.80. The molecule has 1 unspecified atom stereocenters. The number of aliphatic hydroxyl groups is 1. The number of pyridine rings is 1. The average Bonchev–Trinajstić information content (AvgIpc) is 3.04. The van der Waals surface area contributed by atoms with Gasteiger partial charge in [-0.2, -0.15) is 0 Å². The number of hydrogen-bond donors (Lipinski definition) is 3. The summed E-state index contributed by atoms with van der Waals surface area (Å²) in [6.07, 6.45) is 4.32. The van der Waals surface area contributed by atoms with Gasteiger partial charge in [0.2, 0.25) is 0 Å². The quantitative estimate of drug-likeness (QED) is 0.229. The Balaban J connectivity index is 0.00000312. The van der Waals surface area contributed by atoms with Crippen LogP contribution in [0.25, 0.3) is 0 Å². The van der Waals surface area contributed by atoms with Gasteiger partial charge < -0.3 is 20.5 Å². The van der Waals surface area contributed by atoms with E-state index < -0.39 is 0 Å².